The third-order valence-electron chi connectivity index (χ3n) is 1.85. The van der Waals surface area contributed by atoms with Crippen LogP contribution < -0.4 is 0 Å². The maximum absolute atomic E-state index is 10.7. The van der Waals surface area contributed by atoms with Crippen molar-refractivity contribution in [2.24, 2.45) is 5.92 Å². The standard InChI is InChI=1S/C8H12O.C3H8O2/c1-2-3-7-4-5-8(9)6-7;1-3(2,4)5/h2,7H,1,3-6H2;4-5H,1-2H3. The predicted molar refractivity (Wildman–Crippen MR) is 55.7 cm³/mol. The van der Waals surface area contributed by atoms with Crippen molar-refractivity contribution >= 4 is 5.78 Å². The van der Waals surface area contributed by atoms with Crippen molar-refractivity contribution in [2.75, 3.05) is 0 Å². The van der Waals surface area contributed by atoms with Gasteiger partial charge in [0, 0.05) is 12.8 Å². The van der Waals surface area contributed by atoms with Crippen molar-refractivity contribution in [1.82, 2.24) is 0 Å². The molecule has 2 N–H and O–H groups in total. The van der Waals surface area contributed by atoms with Crippen LogP contribution in [0.1, 0.15) is 39.5 Å². The van der Waals surface area contributed by atoms with Crippen molar-refractivity contribution < 1.29 is 15.0 Å². The van der Waals surface area contributed by atoms with Gasteiger partial charge in [0.2, 0.25) is 0 Å². The fourth-order valence-electron chi connectivity index (χ4n) is 1.33. The van der Waals surface area contributed by atoms with Crippen LogP contribution in [0, 0.1) is 5.92 Å². The highest BCUT2D eigenvalue weighted by Crippen LogP contribution is 2.24. The number of ketones is 1. The first kappa shape index (κ1) is 13.3. The molecule has 0 aromatic rings. The Kier molecular flexibility index (Phi) is 5.65. The van der Waals surface area contributed by atoms with Gasteiger partial charge < -0.3 is 10.2 Å². The SMILES string of the molecule is C=CCC1CCC(=O)C1.CC(C)(O)O. The molecule has 0 amide bonds. The highest BCUT2D eigenvalue weighted by molar-refractivity contribution is 5.80. The fourth-order valence-corrected chi connectivity index (χ4v) is 1.33. The van der Waals surface area contributed by atoms with Crippen LogP contribution in [0.25, 0.3) is 0 Å². The normalized spacial score (nSPS) is 21.4. The fraction of sp³-hybridized carbons (Fsp3) is 0.727. The molecule has 1 unspecified atom stereocenters. The van der Waals surface area contributed by atoms with Crippen LogP contribution in [0.5, 0.6) is 0 Å². The van der Waals surface area contributed by atoms with Gasteiger partial charge in [-0.1, -0.05) is 6.08 Å². The Hall–Kier alpha value is -0.670. The van der Waals surface area contributed by atoms with Crippen LogP contribution in [0.3, 0.4) is 0 Å². The van der Waals surface area contributed by atoms with E-state index in [2.05, 4.69) is 6.58 Å². The Balaban J connectivity index is 0.000000292. The van der Waals surface area contributed by atoms with Crippen LogP contribution in [0.2, 0.25) is 0 Å². The quantitative estimate of drug-likeness (QED) is 0.526. The number of carbonyl (C=O) groups excluding carboxylic acids is 1. The van der Waals surface area contributed by atoms with Crippen molar-refractivity contribution in [3.63, 3.8) is 0 Å². The van der Waals surface area contributed by atoms with E-state index in [0.29, 0.717) is 11.7 Å². The maximum Gasteiger partial charge on any atom is 0.156 e. The highest BCUT2D eigenvalue weighted by Gasteiger charge is 2.19. The molecule has 0 saturated heterocycles. The minimum absolute atomic E-state index is 0.432. The zero-order valence-electron chi connectivity index (χ0n) is 8.99. The monoisotopic (exact) mass is 200 g/mol. The molecule has 82 valence electrons. The van der Waals surface area contributed by atoms with Crippen LogP contribution in [-0.2, 0) is 4.79 Å². The first-order chi connectivity index (χ1) is 6.33. The summed E-state index contributed by atoms with van der Waals surface area (Å²) in [7, 11) is 0. The second-order valence-corrected chi connectivity index (χ2v) is 4.17. The van der Waals surface area contributed by atoms with Gasteiger partial charge in [0.1, 0.15) is 5.78 Å². The minimum atomic E-state index is -1.50. The van der Waals surface area contributed by atoms with E-state index in [0.717, 1.165) is 25.7 Å². The van der Waals surface area contributed by atoms with Crippen molar-refractivity contribution in [3.05, 3.63) is 12.7 Å². The van der Waals surface area contributed by atoms with E-state index in [1.54, 1.807) is 0 Å². The van der Waals surface area contributed by atoms with E-state index >= 15 is 0 Å². The summed E-state index contributed by atoms with van der Waals surface area (Å²) in [6, 6.07) is 0. The summed E-state index contributed by atoms with van der Waals surface area (Å²) >= 11 is 0. The van der Waals surface area contributed by atoms with Gasteiger partial charge in [-0.25, -0.2) is 0 Å². The summed E-state index contributed by atoms with van der Waals surface area (Å²) < 4.78 is 0. The molecule has 3 heteroatoms. The lowest BCUT2D eigenvalue weighted by Crippen LogP contribution is -2.15. The van der Waals surface area contributed by atoms with E-state index in [-0.39, 0.29) is 0 Å². The Labute approximate surface area is 85.4 Å². The molecular formula is C11H20O3. The molecule has 1 saturated carbocycles. The van der Waals surface area contributed by atoms with Gasteiger partial charge >= 0.3 is 0 Å². The minimum Gasteiger partial charge on any atom is -0.366 e. The molecule has 0 radical (unpaired) electrons. The van der Waals surface area contributed by atoms with Gasteiger partial charge in [-0.05, 0) is 32.6 Å². The van der Waals surface area contributed by atoms with Gasteiger partial charge in [-0.3, -0.25) is 4.79 Å². The van der Waals surface area contributed by atoms with E-state index in [9.17, 15) is 4.79 Å². The second kappa shape index (κ2) is 5.94. The number of allylic oxidation sites excluding steroid dienone is 1. The van der Waals surface area contributed by atoms with Gasteiger partial charge in [0.05, 0.1) is 0 Å². The molecule has 0 aliphatic heterocycles. The zero-order chi connectivity index (χ0) is 11.2. The van der Waals surface area contributed by atoms with Gasteiger partial charge in [0.15, 0.2) is 5.79 Å². The summed E-state index contributed by atoms with van der Waals surface area (Å²) in [5.74, 6) is -0.447. The lowest BCUT2D eigenvalue weighted by atomic mass is 10.1. The van der Waals surface area contributed by atoms with Crippen LogP contribution in [0.4, 0.5) is 0 Å². The van der Waals surface area contributed by atoms with E-state index in [1.807, 2.05) is 6.08 Å². The largest absolute Gasteiger partial charge is 0.366 e. The first-order valence-corrected chi connectivity index (χ1v) is 4.90. The molecule has 0 aromatic heterocycles. The van der Waals surface area contributed by atoms with Crippen molar-refractivity contribution in [2.45, 2.75) is 45.3 Å². The number of hydrogen-bond donors (Lipinski definition) is 2. The Bertz CT molecular complexity index is 185. The summed E-state index contributed by atoms with van der Waals surface area (Å²) in [6.45, 7) is 6.24. The van der Waals surface area contributed by atoms with Crippen LogP contribution in [-0.4, -0.2) is 21.8 Å². The molecule has 0 aromatic carbocycles. The average molecular weight is 200 g/mol. The summed E-state index contributed by atoms with van der Waals surface area (Å²) in [6.07, 6.45) is 5.62. The summed E-state index contributed by atoms with van der Waals surface area (Å²) in [5, 5.41) is 16.2. The molecule has 1 rings (SSSR count). The molecule has 0 spiro atoms. The summed E-state index contributed by atoms with van der Waals surface area (Å²) in [5.41, 5.74) is 0. The van der Waals surface area contributed by atoms with E-state index in [1.165, 1.54) is 13.8 Å². The first-order valence-electron chi connectivity index (χ1n) is 4.90. The van der Waals surface area contributed by atoms with Crippen LogP contribution in [0.15, 0.2) is 12.7 Å². The van der Waals surface area contributed by atoms with Crippen molar-refractivity contribution in [3.8, 4) is 0 Å². The van der Waals surface area contributed by atoms with E-state index < -0.39 is 5.79 Å². The molecular weight excluding hydrogens is 180 g/mol. The highest BCUT2D eigenvalue weighted by atomic mass is 16.5. The lowest BCUT2D eigenvalue weighted by molar-refractivity contribution is -0.127. The van der Waals surface area contributed by atoms with Gasteiger partial charge in [-0.15, -0.1) is 6.58 Å². The smallest absolute Gasteiger partial charge is 0.156 e. The van der Waals surface area contributed by atoms with Crippen molar-refractivity contribution in [1.29, 1.82) is 0 Å². The number of Topliss-reactive ketones (excluding diaryl/α,β-unsaturated/α-hetero) is 1. The maximum atomic E-state index is 10.7. The molecule has 1 aliphatic rings. The number of hydrogen-bond acceptors (Lipinski definition) is 3. The average Bonchev–Trinajstić information content (AvgIpc) is 2.32. The topological polar surface area (TPSA) is 57.5 Å². The van der Waals surface area contributed by atoms with E-state index in [4.69, 9.17) is 10.2 Å². The molecule has 0 heterocycles. The molecule has 1 fully saturated rings. The van der Waals surface area contributed by atoms with Gasteiger partial charge in [-0.2, -0.15) is 0 Å². The number of rotatable bonds is 2. The Morgan fingerprint density at radius 2 is 2.07 bits per heavy atom. The second-order valence-electron chi connectivity index (χ2n) is 4.17. The third-order valence-corrected chi connectivity index (χ3v) is 1.85. The molecule has 0 bridgehead atoms. The molecule has 3 nitrogen and oxygen atoms in total. The summed E-state index contributed by atoms with van der Waals surface area (Å²) in [4.78, 5) is 10.7. The Morgan fingerprint density at radius 3 is 2.36 bits per heavy atom. The number of aliphatic hydroxyl groups is 2. The van der Waals surface area contributed by atoms with Crippen LogP contribution >= 0.6 is 0 Å². The zero-order valence-corrected chi connectivity index (χ0v) is 8.99. The number of carbonyl (C=O) groups is 1. The molecule has 1 atom stereocenters. The predicted octanol–water partition coefficient (Wildman–Crippen LogP) is 1.64. The lowest BCUT2D eigenvalue weighted by Gasteiger charge is -2.03. The van der Waals surface area contributed by atoms with Gasteiger partial charge in [0.25, 0.3) is 0 Å². The molecule has 1 aliphatic carbocycles. The molecule has 14 heavy (non-hydrogen) atoms. The Morgan fingerprint density at radius 1 is 1.57 bits per heavy atom. The third kappa shape index (κ3) is 9.42.